The standard InChI is InChI=1S/C48H82NO10P/c1-6-8-10-12-14-16-18-20-21-22-23-24-26-28-30-32-34-38-47(52)56-42-44(43-58-60(54,55)57-41-40-49(3,4)5)59-48(53)39-35-37-46(51)45(50)36-33-31-29-27-25-19-17-15-13-11-9-7-2/h9,11,14-17,20-21,23-25,27,31,33,44-46,50-51H,6-8,10,12-13,18-19,22,26,28-30,32,34-43H2,1-5H3/p+1/b11-9-,16-14-,17-15-,21-20-,24-23-,27-25-,33-31-/t44-,45-,46-/m1/s1. The summed E-state index contributed by atoms with van der Waals surface area (Å²) in [4.78, 5) is 35.5. The molecule has 0 amide bonds. The zero-order valence-corrected chi connectivity index (χ0v) is 38.8. The predicted molar refractivity (Wildman–Crippen MR) is 245 cm³/mol. The summed E-state index contributed by atoms with van der Waals surface area (Å²) in [6.07, 6.45) is 42.3. The Hall–Kier alpha value is -2.89. The van der Waals surface area contributed by atoms with Crippen LogP contribution in [-0.2, 0) is 32.7 Å². The number of quaternary nitrogens is 1. The smallest absolute Gasteiger partial charge is 0.462 e. The fourth-order valence-corrected chi connectivity index (χ4v) is 6.20. The lowest BCUT2D eigenvalue weighted by molar-refractivity contribution is -0.870. The van der Waals surface area contributed by atoms with E-state index in [1.807, 2.05) is 39.4 Å². The van der Waals surface area contributed by atoms with E-state index in [0.717, 1.165) is 70.6 Å². The molecule has 344 valence electrons. The number of rotatable bonds is 39. The number of phosphoric acid groups is 1. The van der Waals surface area contributed by atoms with Crippen molar-refractivity contribution in [1.82, 2.24) is 0 Å². The van der Waals surface area contributed by atoms with Gasteiger partial charge in [0.05, 0.1) is 40.0 Å². The van der Waals surface area contributed by atoms with Gasteiger partial charge in [0, 0.05) is 12.8 Å². The molecule has 3 N–H and O–H groups in total. The Morgan fingerprint density at radius 1 is 0.600 bits per heavy atom. The lowest BCUT2D eigenvalue weighted by Gasteiger charge is -2.24. The van der Waals surface area contributed by atoms with E-state index in [1.165, 1.54) is 19.3 Å². The summed E-state index contributed by atoms with van der Waals surface area (Å²) in [6, 6.07) is 0. The van der Waals surface area contributed by atoms with Crippen LogP contribution in [0.4, 0.5) is 0 Å². The molecule has 11 nitrogen and oxygen atoms in total. The number of unbranched alkanes of at least 4 members (excludes halogenated alkanes) is 7. The van der Waals surface area contributed by atoms with Gasteiger partial charge in [-0.15, -0.1) is 0 Å². The molecule has 12 heteroatoms. The van der Waals surface area contributed by atoms with Gasteiger partial charge in [0.2, 0.25) is 0 Å². The number of ether oxygens (including phenoxy) is 2. The van der Waals surface area contributed by atoms with Crippen molar-refractivity contribution in [3.05, 3.63) is 85.1 Å². The number of phosphoric ester groups is 1. The van der Waals surface area contributed by atoms with Gasteiger partial charge in [0.25, 0.3) is 0 Å². The van der Waals surface area contributed by atoms with Crippen LogP contribution in [-0.4, -0.2) is 97.3 Å². The van der Waals surface area contributed by atoms with Crippen LogP contribution in [0, 0.1) is 0 Å². The van der Waals surface area contributed by atoms with E-state index in [-0.39, 0.29) is 45.3 Å². The van der Waals surface area contributed by atoms with E-state index < -0.39 is 44.7 Å². The van der Waals surface area contributed by atoms with Gasteiger partial charge in [0.15, 0.2) is 6.10 Å². The molecular formula is C48H83NO10P+. The Balaban J connectivity index is 4.66. The van der Waals surface area contributed by atoms with Crippen LogP contribution in [0.2, 0.25) is 0 Å². The third-order valence-electron chi connectivity index (χ3n) is 9.11. The molecule has 0 spiro atoms. The molecule has 0 heterocycles. The zero-order chi connectivity index (χ0) is 44.6. The number of likely N-dealkylation sites (N-methyl/N-ethyl adjacent to an activating group) is 1. The molecule has 0 aliphatic rings. The molecule has 0 saturated heterocycles. The van der Waals surface area contributed by atoms with E-state index in [0.29, 0.717) is 17.4 Å². The predicted octanol–water partition coefficient (Wildman–Crippen LogP) is 10.7. The highest BCUT2D eigenvalue weighted by Gasteiger charge is 2.27. The summed E-state index contributed by atoms with van der Waals surface area (Å²) in [6.45, 7) is 3.88. The van der Waals surface area contributed by atoms with E-state index in [4.69, 9.17) is 18.5 Å². The van der Waals surface area contributed by atoms with E-state index in [2.05, 4.69) is 80.7 Å². The second-order valence-electron chi connectivity index (χ2n) is 16.0. The number of aliphatic hydroxyl groups is 2. The third-order valence-corrected chi connectivity index (χ3v) is 10.1. The number of esters is 2. The van der Waals surface area contributed by atoms with Crippen molar-refractivity contribution < 1.29 is 52.3 Å². The molecule has 0 fully saturated rings. The highest BCUT2D eigenvalue weighted by atomic mass is 31.2. The van der Waals surface area contributed by atoms with Gasteiger partial charge >= 0.3 is 19.8 Å². The van der Waals surface area contributed by atoms with Crippen molar-refractivity contribution in [3.8, 4) is 0 Å². The van der Waals surface area contributed by atoms with Crippen molar-refractivity contribution in [2.75, 3.05) is 47.5 Å². The number of carbonyl (C=O) groups is 2. The first kappa shape index (κ1) is 57.1. The lowest BCUT2D eigenvalue weighted by Crippen LogP contribution is -2.37. The normalized spacial score (nSPS) is 15.4. The van der Waals surface area contributed by atoms with Crippen LogP contribution in [0.15, 0.2) is 85.1 Å². The van der Waals surface area contributed by atoms with Gasteiger partial charge in [-0.2, -0.15) is 0 Å². The average Bonchev–Trinajstić information content (AvgIpc) is 3.19. The lowest BCUT2D eigenvalue weighted by atomic mass is 10.0. The minimum absolute atomic E-state index is 0.0296. The van der Waals surface area contributed by atoms with E-state index in [9.17, 15) is 29.3 Å². The fraction of sp³-hybridized carbons (Fsp3) is 0.667. The Morgan fingerprint density at radius 3 is 1.68 bits per heavy atom. The van der Waals surface area contributed by atoms with Crippen LogP contribution >= 0.6 is 7.82 Å². The van der Waals surface area contributed by atoms with Crippen molar-refractivity contribution in [3.63, 3.8) is 0 Å². The highest BCUT2D eigenvalue weighted by molar-refractivity contribution is 7.47. The Morgan fingerprint density at radius 2 is 1.12 bits per heavy atom. The molecule has 0 saturated carbocycles. The van der Waals surface area contributed by atoms with E-state index in [1.54, 1.807) is 0 Å². The van der Waals surface area contributed by atoms with Crippen LogP contribution in [0.3, 0.4) is 0 Å². The topological polar surface area (TPSA) is 149 Å². The molecule has 4 atom stereocenters. The van der Waals surface area contributed by atoms with Gasteiger partial charge in [0.1, 0.15) is 19.8 Å². The number of hydrogen-bond donors (Lipinski definition) is 3. The molecule has 0 aromatic rings. The average molecular weight is 865 g/mol. The highest BCUT2D eigenvalue weighted by Crippen LogP contribution is 2.43. The van der Waals surface area contributed by atoms with Crippen molar-refractivity contribution in [2.24, 2.45) is 0 Å². The maximum Gasteiger partial charge on any atom is 0.472 e. The molecule has 60 heavy (non-hydrogen) atoms. The second kappa shape index (κ2) is 39.0. The Kier molecular flexibility index (Phi) is 37.1. The number of nitrogens with zero attached hydrogens (tertiary/aromatic N) is 1. The van der Waals surface area contributed by atoms with Crippen LogP contribution in [0.5, 0.6) is 0 Å². The first-order valence-corrected chi connectivity index (χ1v) is 24.0. The summed E-state index contributed by atoms with van der Waals surface area (Å²) in [7, 11) is 1.27. The van der Waals surface area contributed by atoms with Crippen molar-refractivity contribution >= 4 is 19.8 Å². The minimum Gasteiger partial charge on any atom is -0.462 e. The van der Waals surface area contributed by atoms with Crippen LogP contribution in [0.1, 0.15) is 142 Å². The molecule has 1 unspecified atom stereocenters. The van der Waals surface area contributed by atoms with E-state index >= 15 is 0 Å². The van der Waals surface area contributed by atoms with Gasteiger partial charge in [-0.05, 0) is 89.9 Å². The quantitative estimate of drug-likeness (QED) is 0.0179. The summed E-state index contributed by atoms with van der Waals surface area (Å²) < 4.78 is 34.1. The van der Waals surface area contributed by atoms with Crippen molar-refractivity contribution in [1.29, 1.82) is 0 Å². The molecule has 0 rings (SSSR count). The summed E-state index contributed by atoms with van der Waals surface area (Å²) in [5, 5.41) is 20.8. The number of allylic oxidation sites excluding steroid dienone is 13. The van der Waals surface area contributed by atoms with Gasteiger partial charge < -0.3 is 29.1 Å². The summed E-state index contributed by atoms with van der Waals surface area (Å²) in [5.41, 5.74) is 0. The first-order valence-electron chi connectivity index (χ1n) is 22.5. The third kappa shape index (κ3) is 40.5. The number of aliphatic hydroxyl groups excluding tert-OH is 2. The monoisotopic (exact) mass is 865 g/mol. The first-order chi connectivity index (χ1) is 28.8. The molecule has 0 aromatic carbocycles. The van der Waals surface area contributed by atoms with Crippen LogP contribution < -0.4 is 0 Å². The second-order valence-corrected chi connectivity index (χ2v) is 17.5. The van der Waals surface area contributed by atoms with Crippen LogP contribution in [0.25, 0.3) is 0 Å². The molecular weight excluding hydrogens is 781 g/mol. The Labute approximate surface area is 364 Å². The van der Waals surface area contributed by atoms with Gasteiger partial charge in [-0.1, -0.05) is 125 Å². The van der Waals surface area contributed by atoms with Crippen molar-refractivity contribution in [2.45, 2.75) is 161 Å². The largest absolute Gasteiger partial charge is 0.472 e. The molecule has 0 radical (unpaired) electrons. The van der Waals surface area contributed by atoms with Gasteiger partial charge in [-0.25, -0.2) is 4.57 Å². The maximum absolute atomic E-state index is 12.7. The summed E-state index contributed by atoms with van der Waals surface area (Å²) >= 11 is 0. The summed E-state index contributed by atoms with van der Waals surface area (Å²) in [5.74, 6) is -1.12. The molecule has 0 bridgehead atoms. The SMILES string of the molecule is CC/C=C\C/C=C\C/C=C\C/C=C\C[C@@H](O)[C@H](O)CCCC(=O)O[C@H](COC(=O)CCCCCC/C=C\C/C=C\C/C=C\CCCCC)COP(=O)(O)OCC[N+](C)(C)C. The maximum atomic E-state index is 12.7. The molecule has 0 aromatic heterocycles. The fourth-order valence-electron chi connectivity index (χ4n) is 5.46. The molecule has 0 aliphatic heterocycles. The zero-order valence-electron chi connectivity index (χ0n) is 37.9. The number of carbonyl (C=O) groups excluding carboxylic acids is 2. The minimum atomic E-state index is -4.47. The number of hydrogen-bond acceptors (Lipinski definition) is 9. The Bertz CT molecular complexity index is 1330. The van der Waals surface area contributed by atoms with Gasteiger partial charge in [-0.3, -0.25) is 18.6 Å². The molecule has 0 aliphatic carbocycles.